The van der Waals surface area contributed by atoms with Crippen molar-refractivity contribution in [1.82, 2.24) is 0 Å². The van der Waals surface area contributed by atoms with Crippen LogP contribution in [0.3, 0.4) is 0 Å². The number of ketones is 1. The molecule has 5 saturated carbocycles. The Labute approximate surface area is 206 Å². The molecule has 5 fully saturated rings. The largest absolute Gasteiger partial charge is 0.478 e. The van der Waals surface area contributed by atoms with Crippen LogP contribution in [-0.2, 0) is 9.59 Å². The van der Waals surface area contributed by atoms with Crippen LogP contribution in [-0.4, -0.2) is 28.1 Å². The second-order valence-corrected chi connectivity index (χ2v) is 14.2. The molecule has 34 heavy (non-hydrogen) atoms. The van der Waals surface area contributed by atoms with Crippen LogP contribution in [0.15, 0.2) is 11.6 Å². The average Bonchev–Trinajstić information content (AvgIpc) is 3.33. The van der Waals surface area contributed by atoms with Crippen molar-refractivity contribution in [3.8, 4) is 0 Å². The number of aliphatic carboxylic acids is 1. The SMILES string of the molecule is CC(=CC(O)C[C@@H](C)[C@H]1CC[C@@]2(C)[C@@H]3CC[C@H]4C(C)(C)C(=O)CC[C@@]45C[C@@]35CC[C@]12C)C(=O)O. The summed E-state index contributed by atoms with van der Waals surface area (Å²) in [6.45, 7) is 13.5. The van der Waals surface area contributed by atoms with E-state index in [4.69, 9.17) is 0 Å². The zero-order valence-electron chi connectivity index (χ0n) is 22.2. The minimum Gasteiger partial charge on any atom is -0.478 e. The molecule has 0 aromatic carbocycles. The van der Waals surface area contributed by atoms with Gasteiger partial charge in [0.15, 0.2) is 0 Å². The van der Waals surface area contributed by atoms with Crippen molar-refractivity contribution >= 4 is 11.8 Å². The first-order valence-electron chi connectivity index (χ1n) is 13.9. The van der Waals surface area contributed by atoms with Crippen molar-refractivity contribution in [2.45, 2.75) is 112 Å². The summed E-state index contributed by atoms with van der Waals surface area (Å²) in [7, 11) is 0. The maximum absolute atomic E-state index is 12.8. The van der Waals surface area contributed by atoms with Gasteiger partial charge >= 0.3 is 5.97 Å². The van der Waals surface area contributed by atoms with E-state index in [1.807, 2.05) is 0 Å². The molecule has 0 heterocycles. The van der Waals surface area contributed by atoms with E-state index in [9.17, 15) is 19.8 Å². The molecule has 9 atom stereocenters. The number of rotatable bonds is 5. The lowest BCUT2D eigenvalue weighted by molar-refractivity contribution is -0.157. The first kappa shape index (κ1) is 24.5. The Morgan fingerprint density at radius 2 is 1.65 bits per heavy atom. The van der Waals surface area contributed by atoms with Crippen LogP contribution < -0.4 is 0 Å². The lowest BCUT2D eigenvalue weighted by atomic mass is 9.42. The van der Waals surface area contributed by atoms with Crippen molar-refractivity contribution in [3.63, 3.8) is 0 Å². The van der Waals surface area contributed by atoms with Crippen LogP contribution in [0.4, 0.5) is 0 Å². The number of hydrogen-bond acceptors (Lipinski definition) is 3. The Balaban J connectivity index is 1.38. The van der Waals surface area contributed by atoms with Crippen LogP contribution in [0.2, 0.25) is 0 Å². The van der Waals surface area contributed by atoms with Crippen LogP contribution >= 0.6 is 0 Å². The fourth-order valence-corrected chi connectivity index (χ4v) is 11.1. The standard InChI is InChI=1S/C30H46O4/c1-18(15-20(31)16-19(2)25(33)34)21-9-11-28(6)23-8-7-22-26(3,4)24(32)10-12-29(22)17-30(23,29)14-13-27(21,28)5/h16,18,20-23,31H,7-15,17H2,1-6H3,(H,33,34)/t18-,20?,21-,22+,23+,27-,28+,29-,30+/m1/s1. The first-order chi connectivity index (χ1) is 15.8. The van der Waals surface area contributed by atoms with E-state index in [0.717, 1.165) is 18.8 Å². The average molecular weight is 471 g/mol. The van der Waals surface area contributed by atoms with Crippen LogP contribution in [0.1, 0.15) is 106 Å². The maximum Gasteiger partial charge on any atom is 0.331 e. The number of hydrogen-bond donors (Lipinski definition) is 2. The van der Waals surface area contributed by atoms with E-state index in [0.29, 0.717) is 46.2 Å². The molecule has 1 unspecified atom stereocenters. The van der Waals surface area contributed by atoms with Crippen LogP contribution in [0.25, 0.3) is 0 Å². The molecule has 2 N–H and O–H groups in total. The third-order valence-electron chi connectivity index (χ3n) is 13.0. The van der Waals surface area contributed by atoms with E-state index in [2.05, 4.69) is 34.6 Å². The van der Waals surface area contributed by atoms with Gasteiger partial charge in [0.25, 0.3) is 0 Å². The van der Waals surface area contributed by atoms with Crippen molar-refractivity contribution in [2.75, 3.05) is 0 Å². The number of carbonyl (C=O) groups excluding carboxylic acids is 1. The Morgan fingerprint density at radius 1 is 1.00 bits per heavy atom. The number of fused-ring (bicyclic) bond motifs is 2. The molecule has 5 rings (SSSR count). The van der Waals surface area contributed by atoms with Gasteiger partial charge in [0.1, 0.15) is 5.78 Å². The highest BCUT2D eigenvalue weighted by Gasteiger charge is 2.82. The van der Waals surface area contributed by atoms with Gasteiger partial charge in [-0.05, 0) is 116 Å². The van der Waals surface area contributed by atoms with Crippen molar-refractivity contribution < 1.29 is 19.8 Å². The second-order valence-electron chi connectivity index (χ2n) is 14.2. The van der Waals surface area contributed by atoms with Crippen LogP contribution in [0, 0.1) is 50.7 Å². The minimum absolute atomic E-state index is 0.154. The van der Waals surface area contributed by atoms with E-state index in [1.165, 1.54) is 51.0 Å². The summed E-state index contributed by atoms with van der Waals surface area (Å²) >= 11 is 0. The van der Waals surface area contributed by atoms with Crippen molar-refractivity contribution in [1.29, 1.82) is 0 Å². The number of aliphatic hydroxyl groups is 1. The molecule has 0 bridgehead atoms. The number of aliphatic hydroxyl groups excluding tert-OH is 1. The van der Waals surface area contributed by atoms with E-state index >= 15 is 0 Å². The monoisotopic (exact) mass is 470 g/mol. The van der Waals surface area contributed by atoms with Gasteiger partial charge in [0.2, 0.25) is 0 Å². The maximum atomic E-state index is 12.8. The molecule has 5 aliphatic carbocycles. The van der Waals surface area contributed by atoms with Gasteiger partial charge in [0.05, 0.1) is 6.10 Å². The molecule has 0 aromatic heterocycles. The van der Waals surface area contributed by atoms with Crippen molar-refractivity contribution in [2.24, 2.45) is 50.7 Å². The highest BCUT2D eigenvalue weighted by atomic mass is 16.4. The zero-order valence-corrected chi connectivity index (χ0v) is 22.2. The number of carboxylic acid groups (broad SMARTS) is 1. The first-order valence-corrected chi connectivity index (χ1v) is 13.9. The van der Waals surface area contributed by atoms with Gasteiger partial charge in [-0.25, -0.2) is 4.79 Å². The normalized spacial score (nSPS) is 48.7. The predicted molar refractivity (Wildman–Crippen MR) is 133 cm³/mol. The Kier molecular flexibility index (Phi) is 5.36. The molecule has 190 valence electrons. The fraction of sp³-hybridized carbons (Fsp3) is 0.867. The summed E-state index contributed by atoms with van der Waals surface area (Å²) in [5.41, 5.74) is 1.54. The van der Waals surface area contributed by atoms with Crippen LogP contribution in [0.5, 0.6) is 0 Å². The smallest absolute Gasteiger partial charge is 0.331 e. The molecular formula is C30H46O4. The Bertz CT molecular complexity index is 934. The predicted octanol–water partition coefficient (Wildman–Crippen LogP) is 6.41. The number of carbonyl (C=O) groups is 2. The van der Waals surface area contributed by atoms with Gasteiger partial charge in [-0.1, -0.05) is 34.6 Å². The van der Waals surface area contributed by atoms with Gasteiger partial charge in [0, 0.05) is 17.4 Å². The van der Waals surface area contributed by atoms with Gasteiger partial charge in [-0.2, -0.15) is 0 Å². The third-order valence-corrected chi connectivity index (χ3v) is 13.0. The molecule has 5 aliphatic rings. The Hall–Kier alpha value is -1.16. The zero-order chi connectivity index (χ0) is 24.9. The second kappa shape index (κ2) is 7.43. The summed E-state index contributed by atoms with van der Waals surface area (Å²) in [5, 5.41) is 19.8. The highest BCUT2D eigenvalue weighted by Crippen LogP contribution is 2.88. The molecule has 0 radical (unpaired) electrons. The molecule has 0 amide bonds. The molecule has 2 spiro atoms. The lowest BCUT2D eigenvalue weighted by Gasteiger charge is -2.62. The number of carboxylic acids is 1. The topological polar surface area (TPSA) is 74.6 Å². The summed E-state index contributed by atoms with van der Waals surface area (Å²) < 4.78 is 0. The van der Waals surface area contributed by atoms with Gasteiger partial charge < -0.3 is 10.2 Å². The quantitative estimate of drug-likeness (QED) is 0.455. The highest BCUT2D eigenvalue weighted by molar-refractivity contribution is 5.86. The summed E-state index contributed by atoms with van der Waals surface area (Å²) in [4.78, 5) is 24.0. The third kappa shape index (κ3) is 2.93. The summed E-state index contributed by atoms with van der Waals surface area (Å²) in [6, 6.07) is 0. The molecule has 0 saturated heterocycles. The molecule has 0 aliphatic heterocycles. The van der Waals surface area contributed by atoms with E-state index in [-0.39, 0.29) is 16.4 Å². The number of Topliss-reactive ketones (excluding diaryl/α,β-unsaturated/α-hetero) is 1. The molecular weight excluding hydrogens is 424 g/mol. The minimum atomic E-state index is -0.953. The summed E-state index contributed by atoms with van der Waals surface area (Å²) in [5.74, 6) is 1.81. The summed E-state index contributed by atoms with van der Waals surface area (Å²) in [6.07, 6.45) is 12.3. The Morgan fingerprint density at radius 3 is 2.32 bits per heavy atom. The molecule has 4 heteroatoms. The lowest BCUT2D eigenvalue weighted by Crippen LogP contribution is -2.57. The van der Waals surface area contributed by atoms with Gasteiger partial charge in [-0.3, -0.25) is 4.79 Å². The van der Waals surface area contributed by atoms with E-state index < -0.39 is 12.1 Å². The van der Waals surface area contributed by atoms with Gasteiger partial charge in [-0.15, -0.1) is 0 Å². The van der Waals surface area contributed by atoms with Crippen molar-refractivity contribution in [3.05, 3.63) is 11.6 Å². The fourth-order valence-electron chi connectivity index (χ4n) is 11.1. The van der Waals surface area contributed by atoms with E-state index in [1.54, 1.807) is 6.92 Å². The molecule has 0 aromatic rings. The molecule has 4 nitrogen and oxygen atoms in total.